The van der Waals surface area contributed by atoms with E-state index in [1.165, 1.54) is 31.3 Å². The van der Waals surface area contributed by atoms with E-state index < -0.39 is 0 Å². The van der Waals surface area contributed by atoms with Crippen molar-refractivity contribution in [3.63, 3.8) is 0 Å². The molecule has 6 atom stereocenters. The van der Waals surface area contributed by atoms with Crippen molar-refractivity contribution in [1.29, 1.82) is 0 Å². The van der Waals surface area contributed by atoms with Crippen molar-refractivity contribution in [3.8, 4) is 0 Å². The number of allylic oxidation sites excluding steroid dienone is 1. The van der Waals surface area contributed by atoms with Crippen molar-refractivity contribution in [1.82, 2.24) is 5.32 Å². The first-order valence-corrected chi connectivity index (χ1v) is 13.0. The molecule has 6 heteroatoms. The summed E-state index contributed by atoms with van der Waals surface area (Å²) in [4.78, 5) is 30.0. The lowest BCUT2D eigenvalue weighted by atomic mass is 9.46. The molecule has 1 heterocycles. The molecule has 3 saturated carbocycles. The molecule has 1 aliphatic heterocycles. The van der Waals surface area contributed by atoms with Gasteiger partial charge >= 0.3 is 5.97 Å². The lowest BCUT2D eigenvalue weighted by Gasteiger charge is -2.58. The maximum Gasteiger partial charge on any atom is 0.338 e. The minimum atomic E-state index is -0.152. The number of ketones is 1. The quantitative estimate of drug-likeness (QED) is 0.333. The van der Waals surface area contributed by atoms with Crippen molar-refractivity contribution >= 4 is 29.9 Å². The fourth-order valence-electron chi connectivity index (χ4n) is 8.56. The van der Waals surface area contributed by atoms with Crippen LogP contribution in [0.25, 0.3) is 0 Å². The van der Waals surface area contributed by atoms with Crippen LogP contribution in [0, 0.1) is 40.4 Å². The number of nitrogens with one attached hydrogen (secondary N) is 1. The Morgan fingerprint density at radius 1 is 1.03 bits per heavy atom. The van der Waals surface area contributed by atoms with Crippen LogP contribution >= 0.6 is 12.4 Å². The van der Waals surface area contributed by atoms with Crippen LogP contribution in [0.2, 0.25) is 0 Å². The summed E-state index contributed by atoms with van der Waals surface area (Å²) in [5.74, 6) is 2.76. The van der Waals surface area contributed by atoms with Crippen molar-refractivity contribution in [2.45, 2.75) is 85.0 Å². The molecule has 5 rings (SSSR count). The normalized spacial score (nSPS) is 41.2. The maximum absolute atomic E-state index is 12.5. The van der Waals surface area contributed by atoms with Gasteiger partial charge in [-0.1, -0.05) is 24.6 Å². The van der Waals surface area contributed by atoms with Crippen molar-refractivity contribution in [3.05, 3.63) is 11.6 Å². The largest absolute Gasteiger partial charge is 0.338 e. The third-order valence-electron chi connectivity index (χ3n) is 10.4. The first-order chi connectivity index (χ1) is 15.3. The molecule has 4 aliphatic carbocycles. The van der Waals surface area contributed by atoms with Gasteiger partial charge in [0.15, 0.2) is 5.78 Å². The highest BCUT2D eigenvalue weighted by Crippen LogP contribution is 2.66. The van der Waals surface area contributed by atoms with Crippen LogP contribution < -0.4 is 5.32 Å². The number of piperidine rings is 1. The third-order valence-corrected chi connectivity index (χ3v) is 10.4. The second-order valence-corrected chi connectivity index (χ2v) is 11.8. The van der Waals surface area contributed by atoms with E-state index in [1.807, 2.05) is 6.08 Å². The Hall–Kier alpha value is -1.20. The zero-order valence-corrected chi connectivity index (χ0v) is 21.3. The predicted octanol–water partition coefficient (Wildman–Crippen LogP) is 5.48. The SMILES string of the molecule is C/C(=N\OC(=O)C1CCNCC1)[C@H]1CC[C@H]2C3CCC4=CC(=O)CC[C@]4(C)C3CC[C@]12C.Cl. The monoisotopic (exact) mass is 476 g/mol. The fraction of sp³-hybridized carbons (Fsp3) is 0.815. The number of carbonyl (C=O) groups is 2. The Bertz CT molecular complexity index is 848. The summed E-state index contributed by atoms with van der Waals surface area (Å²) in [7, 11) is 0. The molecular formula is C27H41ClN2O3. The van der Waals surface area contributed by atoms with Gasteiger partial charge in [0.25, 0.3) is 0 Å². The van der Waals surface area contributed by atoms with Crippen LogP contribution in [-0.2, 0) is 14.4 Å². The topological polar surface area (TPSA) is 67.8 Å². The highest BCUT2D eigenvalue weighted by molar-refractivity contribution is 5.91. The molecule has 5 aliphatic rings. The average Bonchev–Trinajstić information content (AvgIpc) is 3.15. The molecule has 0 bridgehead atoms. The summed E-state index contributed by atoms with van der Waals surface area (Å²) in [5, 5.41) is 7.71. The van der Waals surface area contributed by atoms with E-state index in [1.54, 1.807) is 0 Å². The van der Waals surface area contributed by atoms with Crippen LogP contribution in [0.15, 0.2) is 16.8 Å². The predicted molar refractivity (Wildman–Crippen MR) is 132 cm³/mol. The summed E-state index contributed by atoms with van der Waals surface area (Å²) >= 11 is 0. The second kappa shape index (κ2) is 9.45. The van der Waals surface area contributed by atoms with Crippen LogP contribution in [-0.4, -0.2) is 30.6 Å². The first kappa shape index (κ1) is 24.9. The van der Waals surface area contributed by atoms with Gasteiger partial charge in [-0.25, -0.2) is 4.79 Å². The van der Waals surface area contributed by atoms with Crippen LogP contribution in [0.1, 0.15) is 85.0 Å². The molecule has 0 amide bonds. The number of rotatable bonds is 3. The van der Waals surface area contributed by atoms with E-state index in [4.69, 9.17) is 4.84 Å². The molecule has 0 radical (unpaired) electrons. The lowest BCUT2D eigenvalue weighted by Crippen LogP contribution is -2.51. The van der Waals surface area contributed by atoms with Crippen LogP contribution in [0.4, 0.5) is 0 Å². The Kier molecular flexibility index (Phi) is 7.13. The van der Waals surface area contributed by atoms with Crippen LogP contribution in [0.5, 0.6) is 0 Å². The molecule has 0 aromatic heterocycles. The molecular weight excluding hydrogens is 436 g/mol. The number of oxime groups is 1. The van der Waals surface area contributed by atoms with Crippen LogP contribution in [0.3, 0.4) is 0 Å². The molecule has 4 fully saturated rings. The van der Waals surface area contributed by atoms with Gasteiger partial charge < -0.3 is 10.2 Å². The van der Waals surface area contributed by atoms with Gasteiger partial charge in [-0.05, 0) is 112 Å². The van der Waals surface area contributed by atoms with Gasteiger partial charge in [-0.3, -0.25) is 4.79 Å². The lowest BCUT2D eigenvalue weighted by molar-refractivity contribution is -0.149. The molecule has 5 nitrogen and oxygen atoms in total. The number of halogens is 1. The summed E-state index contributed by atoms with van der Waals surface area (Å²) in [6, 6.07) is 0. The van der Waals surface area contributed by atoms with E-state index >= 15 is 0 Å². The van der Waals surface area contributed by atoms with Crippen molar-refractivity contribution in [2.75, 3.05) is 13.1 Å². The number of hydrogen-bond donors (Lipinski definition) is 1. The minimum Gasteiger partial charge on any atom is -0.318 e. The molecule has 1 N–H and O–H groups in total. The van der Waals surface area contributed by atoms with Crippen molar-refractivity contribution < 1.29 is 14.4 Å². The second-order valence-electron chi connectivity index (χ2n) is 11.8. The summed E-state index contributed by atoms with van der Waals surface area (Å²) < 4.78 is 0. The minimum absolute atomic E-state index is 0. The zero-order valence-electron chi connectivity index (χ0n) is 20.5. The molecule has 184 valence electrons. The summed E-state index contributed by atoms with van der Waals surface area (Å²) in [5.41, 5.74) is 2.93. The first-order valence-electron chi connectivity index (χ1n) is 13.0. The van der Waals surface area contributed by atoms with Crippen molar-refractivity contribution in [2.24, 2.45) is 45.6 Å². The third kappa shape index (κ3) is 4.22. The molecule has 0 spiro atoms. The molecule has 0 aromatic carbocycles. The molecule has 1 saturated heterocycles. The van der Waals surface area contributed by atoms with Gasteiger partial charge in [-0.15, -0.1) is 12.4 Å². The van der Waals surface area contributed by atoms with E-state index in [0.717, 1.165) is 63.2 Å². The molecule has 0 aromatic rings. The van der Waals surface area contributed by atoms with Gasteiger partial charge in [0.05, 0.1) is 11.6 Å². The van der Waals surface area contributed by atoms with Gasteiger partial charge in [-0.2, -0.15) is 0 Å². The Morgan fingerprint density at radius 2 is 1.79 bits per heavy atom. The van der Waals surface area contributed by atoms with E-state index in [9.17, 15) is 9.59 Å². The van der Waals surface area contributed by atoms with E-state index in [0.29, 0.717) is 23.5 Å². The number of nitrogens with zero attached hydrogens (tertiary/aromatic N) is 1. The standard InChI is InChI=1S/C27H40N2O3.ClH/c1-17(29-32-25(31)18-10-14-28-15-11-18)22-6-7-23-21-5-4-19-16-20(30)8-12-26(19,2)24(21)9-13-27(22,23)3;/h16,18,21-24,28H,4-15H2,1-3H3;1H/b29-17+;/t21?,22-,23+,24?,26+,27-;/m1./s1. The number of hydrogen-bond acceptors (Lipinski definition) is 5. The molecule has 33 heavy (non-hydrogen) atoms. The van der Waals surface area contributed by atoms with E-state index in [2.05, 4.69) is 31.2 Å². The highest BCUT2D eigenvalue weighted by atomic mass is 35.5. The van der Waals surface area contributed by atoms with Gasteiger partial charge in [0, 0.05) is 12.3 Å². The average molecular weight is 477 g/mol. The highest BCUT2D eigenvalue weighted by Gasteiger charge is 2.59. The fourth-order valence-corrected chi connectivity index (χ4v) is 8.56. The number of carbonyl (C=O) groups excluding carboxylic acids is 2. The Morgan fingerprint density at radius 3 is 2.55 bits per heavy atom. The number of fused-ring (bicyclic) bond motifs is 5. The maximum atomic E-state index is 12.5. The van der Waals surface area contributed by atoms with Gasteiger partial charge in [0.1, 0.15) is 0 Å². The van der Waals surface area contributed by atoms with Gasteiger partial charge in [0.2, 0.25) is 0 Å². The smallest absolute Gasteiger partial charge is 0.318 e. The molecule has 2 unspecified atom stereocenters. The zero-order chi connectivity index (χ0) is 22.5. The summed E-state index contributed by atoms with van der Waals surface area (Å²) in [6.45, 7) is 8.78. The summed E-state index contributed by atoms with van der Waals surface area (Å²) in [6.07, 6.45) is 12.7. The Balaban J connectivity index is 0.00000259. The Labute approximate surface area is 204 Å². The van der Waals surface area contributed by atoms with E-state index in [-0.39, 0.29) is 35.1 Å².